The molecule has 0 aliphatic heterocycles. The fourth-order valence-electron chi connectivity index (χ4n) is 1.76. The molecule has 1 aromatic heterocycles. The largest absolute Gasteiger partial charge is 0.392 e. The predicted octanol–water partition coefficient (Wildman–Crippen LogP) is 4.77. The monoisotopic (exact) mass is 356 g/mol. The Morgan fingerprint density at radius 3 is 2.63 bits per heavy atom. The van der Waals surface area contributed by atoms with Crippen molar-refractivity contribution >= 4 is 39.0 Å². The van der Waals surface area contributed by atoms with Gasteiger partial charge in [-0.05, 0) is 46.6 Å². The van der Waals surface area contributed by atoms with Crippen LogP contribution in [0.2, 0.25) is 0 Å². The van der Waals surface area contributed by atoms with Crippen molar-refractivity contribution in [2.75, 3.05) is 5.75 Å². The molecule has 0 fully saturated rings. The second-order valence-electron chi connectivity index (χ2n) is 4.32. The minimum atomic E-state index is -0.291. The number of hydrogen-bond acceptors (Lipinski definition) is 3. The molecule has 4 heteroatoms. The minimum absolute atomic E-state index is 0.291. The van der Waals surface area contributed by atoms with Gasteiger partial charge < -0.3 is 5.11 Å². The first-order chi connectivity index (χ1) is 9.19. The summed E-state index contributed by atoms with van der Waals surface area (Å²) >= 11 is 7.03. The third kappa shape index (κ3) is 4.63. The van der Waals surface area contributed by atoms with Crippen LogP contribution in [0.25, 0.3) is 0 Å². The zero-order chi connectivity index (χ0) is 13.7. The second kappa shape index (κ2) is 7.48. The van der Waals surface area contributed by atoms with Crippen LogP contribution in [0.5, 0.6) is 0 Å². The fourth-order valence-corrected chi connectivity index (χ4v) is 4.29. The van der Waals surface area contributed by atoms with E-state index < -0.39 is 0 Å². The van der Waals surface area contributed by atoms with Gasteiger partial charge in [0.1, 0.15) is 0 Å². The average Bonchev–Trinajstić information content (AvgIpc) is 2.85. The normalized spacial score (nSPS) is 12.6. The maximum absolute atomic E-state index is 10.1. The van der Waals surface area contributed by atoms with E-state index in [2.05, 4.69) is 41.1 Å². The SMILES string of the molecule is CCc1ccc(CC(O)CSc2ccccc2Br)s1. The topological polar surface area (TPSA) is 20.2 Å². The summed E-state index contributed by atoms with van der Waals surface area (Å²) in [5.74, 6) is 0.724. The van der Waals surface area contributed by atoms with Gasteiger partial charge in [0.2, 0.25) is 0 Å². The van der Waals surface area contributed by atoms with Crippen LogP contribution in [-0.2, 0) is 12.8 Å². The Kier molecular flexibility index (Phi) is 5.95. The molecule has 1 unspecified atom stereocenters. The molecule has 2 aromatic rings. The summed E-state index contributed by atoms with van der Waals surface area (Å²) in [5, 5.41) is 10.1. The van der Waals surface area contributed by atoms with E-state index in [1.165, 1.54) is 14.6 Å². The van der Waals surface area contributed by atoms with Crippen molar-refractivity contribution in [1.82, 2.24) is 0 Å². The van der Waals surface area contributed by atoms with Crippen molar-refractivity contribution in [1.29, 1.82) is 0 Å². The Hall–Kier alpha value is -0.290. The molecule has 0 aliphatic rings. The number of halogens is 1. The number of hydrogen-bond donors (Lipinski definition) is 1. The summed E-state index contributed by atoms with van der Waals surface area (Å²) in [4.78, 5) is 3.85. The van der Waals surface area contributed by atoms with Crippen molar-refractivity contribution in [3.05, 3.63) is 50.6 Å². The molecule has 0 spiro atoms. The van der Waals surface area contributed by atoms with Crippen LogP contribution in [0.1, 0.15) is 16.7 Å². The Morgan fingerprint density at radius 1 is 1.21 bits per heavy atom. The molecule has 0 aliphatic carbocycles. The van der Waals surface area contributed by atoms with E-state index in [1.54, 1.807) is 11.8 Å². The zero-order valence-corrected chi connectivity index (χ0v) is 14.0. The highest BCUT2D eigenvalue weighted by atomic mass is 79.9. The smallest absolute Gasteiger partial charge is 0.0682 e. The molecule has 102 valence electrons. The van der Waals surface area contributed by atoms with Crippen LogP contribution in [0.3, 0.4) is 0 Å². The molecular weight excluding hydrogens is 340 g/mol. The highest BCUT2D eigenvalue weighted by molar-refractivity contribution is 9.10. The molecule has 19 heavy (non-hydrogen) atoms. The minimum Gasteiger partial charge on any atom is -0.392 e. The molecule has 1 nitrogen and oxygen atoms in total. The standard InChI is InChI=1S/C15H17BrOS2/c1-2-12-7-8-13(19-12)9-11(17)10-18-15-6-4-3-5-14(15)16/h3-8,11,17H,2,9-10H2,1H3. The van der Waals surface area contributed by atoms with E-state index in [0.29, 0.717) is 0 Å². The van der Waals surface area contributed by atoms with Gasteiger partial charge in [0.25, 0.3) is 0 Å². The molecule has 1 atom stereocenters. The van der Waals surface area contributed by atoms with E-state index in [4.69, 9.17) is 0 Å². The Labute approximate surface area is 131 Å². The first kappa shape index (κ1) is 15.1. The van der Waals surface area contributed by atoms with Crippen LogP contribution in [-0.4, -0.2) is 17.0 Å². The molecular formula is C15H17BrOS2. The van der Waals surface area contributed by atoms with E-state index in [-0.39, 0.29) is 6.10 Å². The summed E-state index contributed by atoms with van der Waals surface area (Å²) in [6, 6.07) is 12.4. The lowest BCUT2D eigenvalue weighted by molar-refractivity contribution is 0.201. The first-order valence-electron chi connectivity index (χ1n) is 6.32. The zero-order valence-electron chi connectivity index (χ0n) is 10.8. The van der Waals surface area contributed by atoms with E-state index in [0.717, 1.165) is 23.1 Å². The van der Waals surface area contributed by atoms with E-state index in [1.807, 2.05) is 29.5 Å². The Morgan fingerprint density at radius 2 is 1.95 bits per heavy atom. The van der Waals surface area contributed by atoms with Crippen LogP contribution >= 0.6 is 39.0 Å². The Bertz CT molecular complexity index is 524. The van der Waals surface area contributed by atoms with Gasteiger partial charge in [-0.15, -0.1) is 23.1 Å². The summed E-state index contributed by atoms with van der Waals surface area (Å²) < 4.78 is 1.09. The lowest BCUT2D eigenvalue weighted by Crippen LogP contribution is -2.12. The lowest BCUT2D eigenvalue weighted by atomic mass is 10.2. The van der Waals surface area contributed by atoms with Crippen LogP contribution < -0.4 is 0 Å². The van der Waals surface area contributed by atoms with Crippen molar-refractivity contribution in [2.45, 2.75) is 30.8 Å². The number of rotatable bonds is 6. The molecule has 1 aromatic carbocycles. The third-order valence-electron chi connectivity index (χ3n) is 2.77. The highest BCUT2D eigenvalue weighted by Crippen LogP contribution is 2.28. The second-order valence-corrected chi connectivity index (χ2v) is 7.49. The summed E-state index contributed by atoms with van der Waals surface area (Å²) in [7, 11) is 0. The third-order valence-corrected chi connectivity index (χ3v) is 6.19. The molecule has 1 N–H and O–H groups in total. The number of thioether (sulfide) groups is 1. The molecule has 2 rings (SSSR count). The van der Waals surface area contributed by atoms with Gasteiger partial charge in [0, 0.05) is 31.3 Å². The van der Waals surface area contributed by atoms with Gasteiger partial charge in [0.15, 0.2) is 0 Å². The average molecular weight is 357 g/mol. The number of aliphatic hydroxyl groups is 1. The number of thiophene rings is 1. The lowest BCUT2D eigenvalue weighted by Gasteiger charge is -2.09. The van der Waals surface area contributed by atoms with E-state index in [9.17, 15) is 5.11 Å². The fraction of sp³-hybridized carbons (Fsp3) is 0.333. The maximum atomic E-state index is 10.1. The van der Waals surface area contributed by atoms with E-state index >= 15 is 0 Å². The van der Waals surface area contributed by atoms with Crippen molar-refractivity contribution in [2.24, 2.45) is 0 Å². The number of aryl methyl sites for hydroxylation is 1. The van der Waals surface area contributed by atoms with Gasteiger partial charge in [0.05, 0.1) is 6.10 Å². The maximum Gasteiger partial charge on any atom is 0.0682 e. The van der Waals surface area contributed by atoms with Crippen molar-refractivity contribution in [3.63, 3.8) is 0 Å². The van der Waals surface area contributed by atoms with Crippen LogP contribution in [0.4, 0.5) is 0 Å². The molecule has 1 heterocycles. The number of benzene rings is 1. The van der Waals surface area contributed by atoms with Gasteiger partial charge in [-0.2, -0.15) is 0 Å². The highest BCUT2D eigenvalue weighted by Gasteiger charge is 2.09. The van der Waals surface area contributed by atoms with Gasteiger partial charge in [-0.3, -0.25) is 0 Å². The summed E-state index contributed by atoms with van der Waals surface area (Å²) in [5.41, 5.74) is 0. The van der Waals surface area contributed by atoms with Gasteiger partial charge >= 0.3 is 0 Å². The molecule has 0 amide bonds. The predicted molar refractivity (Wildman–Crippen MR) is 88.3 cm³/mol. The quantitative estimate of drug-likeness (QED) is 0.752. The molecule has 0 bridgehead atoms. The van der Waals surface area contributed by atoms with Gasteiger partial charge in [-0.25, -0.2) is 0 Å². The summed E-state index contributed by atoms with van der Waals surface area (Å²) in [6.45, 7) is 2.16. The summed E-state index contributed by atoms with van der Waals surface area (Å²) in [6.07, 6.45) is 1.54. The molecule has 0 radical (unpaired) electrons. The van der Waals surface area contributed by atoms with Crippen molar-refractivity contribution < 1.29 is 5.11 Å². The molecule has 0 saturated carbocycles. The van der Waals surface area contributed by atoms with Crippen LogP contribution in [0, 0.1) is 0 Å². The van der Waals surface area contributed by atoms with Crippen molar-refractivity contribution in [3.8, 4) is 0 Å². The number of aliphatic hydroxyl groups excluding tert-OH is 1. The van der Waals surface area contributed by atoms with Crippen LogP contribution in [0.15, 0.2) is 45.8 Å². The van der Waals surface area contributed by atoms with Gasteiger partial charge in [-0.1, -0.05) is 19.1 Å². The Balaban J connectivity index is 1.84. The molecule has 0 saturated heterocycles. The first-order valence-corrected chi connectivity index (χ1v) is 8.91.